The Kier molecular flexibility index (Phi) is 4.59. The summed E-state index contributed by atoms with van der Waals surface area (Å²) in [6, 6.07) is 4.33. The maximum atomic E-state index is 5.78. The number of nitrogens with two attached hydrogens (primary N) is 1. The second kappa shape index (κ2) is 5.30. The van der Waals surface area contributed by atoms with Gasteiger partial charge in [0.05, 0.1) is 0 Å². The summed E-state index contributed by atoms with van der Waals surface area (Å²) in [4.78, 5) is 3.98. The van der Waals surface area contributed by atoms with Crippen molar-refractivity contribution < 1.29 is 0 Å². The molecule has 0 aliphatic carbocycles. The van der Waals surface area contributed by atoms with Gasteiger partial charge in [0.15, 0.2) is 0 Å². The van der Waals surface area contributed by atoms with Gasteiger partial charge in [-0.3, -0.25) is 4.90 Å². The van der Waals surface area contributed by atoms with Gasteiger partial charge in [-0.2, -0.15) is 0 Å². The number of hydrogen-bond acceptors (Lipinski definition) is 3. The third kappa shape index (κ3) is 3.18. The summed E-state index contributed by atoms with van der Waals surface area (Å²) < 4.78 is 0. The van der Waals surface area contributed by atoms with Gasteiger partial charge in [0.25, 0.3) is 0 Å². The van der Waals surface area contributed by atoms with E-state index in [0.29, 0.717) is 5.41 Å². The van der Waals surface area contributed by atoms with Crippen LogP contribution in [0.5, 0.6) is 0 Å². The Morgan fingerprint density at radius 3 is 2.93 bits per heavy atom. The van der Waals surface area contributed by atoms with Crippen LogP contribution in [-0.4, -0.2) is 24.5 Å². The topological polar surface area (TPSA) is 29.3 Å². The highest BCUT2D eigenvalue weighted by Crippen LogP contribution is 2.29. The first-order valence-electron chi connectivity index (χ1n) is 5.17. The van der Waals surface area contributed by atoms with Crippen molar-refractivity contribution in [1.82, 2.24) is 4.90 Å². The van der Waals surface area contributed by atoms with Crippen molar-refractivity contribution in [3.05, 3.63) is 22.4 Å². The summed E-state index contributed by atoms with van der Waals surface area (Å²) in [5, 5.41) is 2.15. The normalized spacial score (nSPS) is 26.5. The van der Waals surface area contributed by atoms with Gasteiger partial charge in [-0.15, -0.1) is 23.7 Å². The fraction of sp³-hybridized carbons (Fsp3) is 0.636. The molecule has 0 spiro atoms. The lowest BCUT2D eigenvalue weighted by Gasteiger charge is -2.22. The molecule has 1 aliphatic rings. The lowest BCUT2D eigenvalue weighted by molar-refractivity contribution is 0.276. The zero-order chi connectivity index (χ0) is 10.0. The minimum Gasteiger partial charge on any atom is -0.330 e. The Morgan fingerprint density at radius 1 is 1.60 bits per heavy atom. The van der Waals surface area contributed by atoms with Crippen LogP contribution in [0, 0.1) is 5.41 Å². The van der Waals surface area contributed by atoms with Gasteiger partial charge in [0, 0.05) is 18.0 Å². The molecule has 0 aromatic carbocycles. The van der Waals surface area contributed by atoms with Crippen LogP contribution in [0.3, 0.4) is 0 Å². The molecule has 0 amide bonds. The van der Waals surface area contributed by atoms with E-state index in [1.54, 1.807) is 0 Å². The second-order valence-corrected chi connectivity index (χ2v) is 5.59. The van der Waals surface area contributed by atoms with Crippen molar-refractivity contribution in [2.75, 3.05) is 19.6 Å². The number of rotatable bonds is 3. The van der Waals surface area contributed by atoms with Gasteiger partial charge in [0.1, 0.15) is 0 Å². The average Bonchev–Trinajstić information content (AvgIpc) is 2.78. The Labute approximate surface area is 102 Å². The summed E-state index contributed by atoms with van der Waals surface area (Å²) >= 11 is 1.84. The monoisotopic (exact) mass is 246 g/mol. The fourth-order valence-corrected chi connectivity index (χ4v) is 2.80. The second-order valence-electron chi connectivity index (χ2n) is 4.55. The SMILES string of the molecule is CC1(CN)CCN(Cc2cccs2)C1.Cl. The smallest absolute Gasteiger partial charge is 0.0328 e. The highest BCUT2D eigenvalue weighted by atomic mass is 35.5. The molecule has 4 heteroatoms. The van der Waals surface area contributed by atoms with Gasteiger partial charge in [-0.05, 0) is 36.4 Å². The molecule has 1 aliphatic heterocycles. The van der Waals surface area contributed by atoms with Crippen LogP contribution in [-0.2, 0) is 6.54 Å². The maximum Gasteiger partial charge on any atom is 0.0328 e. The Balaban J connectivity index is 0.00000112. The van der Waals surface area contributed by atoms with Crippen molar-refractivity contribution >= 4 is 23.7 Å². The Bertz CT molecular complexity index is 289. The summed E-state index contributed by atoms with van der Waals surface area (Å²) in [5.74, 6) is 0. The van der Waals surface area contributed by atoms with Crippen LogP contribution >= 0.6 is 23.7 Å². The zero-order valence-corrected chi connectivity index (χ0v) is 10.7. The lowest BCUT2D eigenvalue weighted by atomic mass is 9.90. The van der Waals surface area contributed by atoms with Crippen LogP contribution in [0.1, 0.15) is 18.2 Å². The molecule has 1 aromatic rings. The molecular weight excluding hydrogens is 228 g/mol. The third-order valence-electron chi connectivity index (χ3n) is 3.09. The number of hydrogen-bond donors (Lipinski definition) is 1. The van der Waals surface area contributed by atoms with E-state index in [9.17, 15) is 0 Å². The van der Waals surface area contributed by atoms with Gasteiger partial charge in [-0.1, -0.05) is 13.0 Å². The summed E-state index contributed by atoms with van der Waals surface area (Å²) in [5.41, 5.74) is 6.14. The molecule has 2 N–H and O–H groups in total. The lowest BCUT2D eigenvalue weighted by Crippen LogP contribution is -2.30. The van der Waals surface area contributed by atoms with E-state index in [-0.39, 0.29) is 12.4 Å². The molecule has 1 unspecified atom stereocenters. The predicted molar refractivity (Wildman–Crippen MR) is 68.6 cm³/mol. The highest BCUT2D eigenvalue weighted by molar-refractivity contribution is 7.09. The quantitative estimate of drug-likeness (QED) is 0.887. The van der Waals surface area contributed by atoms with E-state index in [1.165, 1.54) is 17.8 Å². The number of halogens is 1. The first kappa shape index (κ1) is 13.0. The molecule has 2 rings (SSSR count). The van der Waals surface area contributed by atoms with E-state index in [4.69, 9.17) is 5.73 Å². The van der Waals surface area contributed by atoms with Crippen molar-refractivity contribution in [3.8, 4) is 0 Å². The summed E-state index contributed by atoms with van der Waals surface area (Å²) in [6.07, 6.45) is 1.24. The molecule has 0 radical (unpaired) electrons. The van der Waals surface area contributed by atoms with E-state index in [1.807, 2.05) is 11.3 Å². The molecule has 2 nitrogen and oxygen atoms in total. The molecule has 1 atom stereocenters. The first-order valence-corrected chi connectivity index (χ1v) is 6.05. The van der Waals surface area contributed by atoms with Crippen LogP contribution in [0.15, 0.2) is 17.5 Å². The fourth-order valence-electron chi connectivity index (χ4n) is 2.05. The minimum absolute atomic E-state index is 0. The molecule has 1 fully saturated rings. The van der Waals surface area contributed by atoms with Gasteiger partial charge < -0.3 is 5.73 Å². The van der Waals surface area contributed by atoms with Gasteiger partial charge in [0.2, 0.25) is 0 Å². The zero-order valence-electron chi connectivity index (χ0n) is 9.11. The predicted octanol–water partition coefficient (Wildman–Crippen LogP) is 2.34. The van der Waals surface area contributed by atoms with Gasteiger partial charge in [-0.25, -0.2) is 0 Å². The van der Waals surface area contributed by atoms with Crippen molar-refractivity contribution in [1.29, 1.82) is 0 Å². The molecule has 0 saturated carbocycles. The highest BCUT2D eigenvalue weighted by Gasteiger charge is 2.32. The average molecular weight is 247 g/mol. The summed E-state index contributed by atoms with van der Waals surface area (Å²) in [6.45, 7) is 6.57. The molecule has 15 heavy (non-hydrogen) atoms. The van der Waals surface area contributed by atoms with Crippen molar-refractivity contribution in [2.45, 2.75) is 19.9 Å². The van der Waals surface area contributed by atoms with Gasteiger partial charge >= 0.3 is 0 Å². The van der Waals surface area contributed by atoms with Crippen LogP contribution < -0.4 is 5.73 Å². The number of thiophene rings is 1. The standard InChI is InChI=1S/C11H18N2S.ClH/c1-11(8-12)4-5-13(9-11)7-10-3-2-6-14-10;/h2-3,6H,4-5,7-9,12H2,1H3;1H. The number of nitrogens with zero attached hydrogens (tertiary/aromatic N) is 1. The van der Waals surface area contributed by atoms with E-state index in [0.717, 1.165) is 19.6 Å². The third-order valence-corrected chi connectivity index (χ3v) is 3.95. The number of likely N-dealkylation sites (tertiary alicyclic amines) is 1. The van der Waals surface area contributed by atoms with Crippen LogP contribution in [0.25, 0.3) is 0 Å². The van der Waals surface area contributed by atoms with Crippen LogP contribution in [0.4, 0.5) is 0 Å². The minimum atomic E-state index is 0. The summed E-state index contributed by atoms with van der Waals surface area (Å²) in [7, 11) is 0. The largest absolute Gasteiger partial charge is 0.330 e. The molecule has 0 bridgehead atoms. The molecule has 86 valence electrons. The molecular formula is C11H19ClN2S. The molecule has 1 saturated heterocycles. The molecule has 1 aromatic heterocycles. The van der Waals surface area contributed by atoms with Crippen molar-refractivity contribution in [2.24, 2.45) is 11.1 Å². The Hall–Kier alpha value is -0.0900. The Morgan fingerprint density at radius 2 is 2.40 bits per heavy atom. The van der Waals surface area contributed by atoms with E-state index >= 15 is 0 Å². The van der Waals surface area contributed by atoms with E-state index in [2.05, 4.69) is 29.3 Å². The van der Waals surface area contributed by atoms with E-state index < -0.39 is 0 Å². The first-order chi connectivity index (χ1) is 6.72. The van der Waals surface area contributed by atoms with Crippen LogP contribution in [0.2, 0.25) is 0 Å². The maximum absolute atomic E-state index is 5.78. The van der Waals surface area contributed by atoms with Crippen molar-refractivity contribution in [3.63, 3.8) is 0 Å². The molecule has 2 heterocycles.